The Kier molecular flexibility index (Phi) is 3.76. The van der Waals surface area contributed by atoms with Crippen LogP contribution in [0.25, 0.3) is 0 Å². The summed E-state index contributed by atoms with van der Waals surface area (Å²) in [6.07, 6.45) is -4.62. The molecular formula is C10H7F3N2O3. The molecule has 0 radical (unpaired) electrons. The second-order valence-electron chi connectivity index (χ2n) is 3.27. The van der Waals surface area contributed by atoms with Gasteiger partial charge in [-0.05, 0) is 12.1 Å². The van der Waals surface area contributed by atoms with Crippen LogP contribution in [0, 0.1) is 21.4 Å². The summed E-state index contributed by atoms with van der Waals surface area (Å²) in [6, 6.07) is 2.06. The average Bonchev–Trinajstić information content (AvgIpc) is 2.27. The molecule has 0 fully saturated rings. The van der Waals surface area contributed by atoms with Crippen molar-refractivity contribution in [1.82, 2.24) is 0 Å². The van der Waals surface area contributed by atoms with Gasteiger partial charge in [-0.2, -0.15) is 18.4 Å². The largest absolute Gasteiger partial charge is 0.496 e. The van der Waals surface area contributed by atoms with Crippen molar-refractivity contribution in [3.05, 3.63) is 39.4 Å². The fourth-order valence-corrected chi connectivity index (χ4v) is 1.36. The number of nitriles is 1. The van der Waals surface area contributed by atoms with Crippen LogP contribution in [0.1, 0.15) is 17.2 Å². The van der Waals surface area contributed by atoms with E-state index in [1.54, 1.807) is 0 Å². The number of nitrogens with zero attached hydrogens (tertiary/aromatic N) is 2. The molecule has 0 saturated heterocycles. The van der Waals surface area contributed by atoms with Crippen molar-refractivity contribution in [2.24, 2.45) is 0 Å². The molecule has 0 spiro atoms. The molecule has 5 nitrogen and oxygen atoms in total. The monoisotopic (exact) mass is 260 g/mol. The molecule has 1 unspecified atom stereocenters. The molecule has 0 heterocycles. The number of ether oxygens (including phenoxy) is 1. The molecule has 96 valence electrons. The quantitative estimate of drug-likeness (QED) is 0.618. The van der Waals surface area contributed by atoms with Crippen LogP contribution in [0.15, 0.2) is 18.2 Å². The third kappa shape index (κ3) is 2.68. The van der Waals surface area contributed by atoms with E-state index in [-0.39, 0.29) is 5.56 Å². The van der Waals surface area contributed by atoms with Gasteiger partial charge in [-0.3, -0.25) is 10.1 Å². The number of hydrogen-bond acceptors (Lipinski definition) is 4. The SMILES string of the molecule is COc1cc(C(C#N)[N+](=O)[O-])ccc1C(F)(F)F. The van der Waals surface area contributed by atoms with Gasteiger partial charge in [0.15, 0.2) is 0 Å². The van der Waals surface area contributed by atoms with Crippen LogP contribution in [-0.2, 0) is 6.18 Å². The fourth-order valence-electron chi connectivity index (χ4n) is 1.36. The summed E-state index contributed by atoms with van der Waals surface area (Å²) >= 11 is 0. The van der Waals surface area contributed by atoms with E-state index in [2.05, 4.69) is 4.74 Å². The second-order valence-corrected chi connectivity index (χ2v) is 3.27. The zero-order chi connectivity index (χ0) is 13.9. The third-order valence-electron chi connectivity index (χ3n) is 2.18. The summed E-state index contributed by atoms with van der Waals surface area (Å²) in [6.45, 7) is 0. The summed E-state index contributed by atoms with van der Waals surface area (Å²) in [5.74, 6) is -0.554. The first kappa shape index (κ1) is 13.8. The fraction of sp³-hybridized carbons (Fsp3) is 0.300. The Morgan fingerprint density at radius 1 is 1.50 bits per heavy atom. The number of rotatable bonds is 3. The van der Waals surface area contributed by atoms with Crippen LogP contribution >= 0.6 is 0 Å². The maximum absolute atomic E-state index is 12.5. The minimum atomic E-state index is -4.62. The van der Waals surface area contributed by atoms with Gasteiger partial charge >= 0.3 is 12.2 Å². The van der Waals surface area contributed by atoms with Gasteiger partial charge < -0.3 is 4.74 Å². The molecule has 1 aromatic rings. The van der Waals surface area contributed by atoms with Gasteiger partial charge in [0.1, 0.15) is 11.8 Å². The Bertz CT molecular complexity index is 508. The number of nitro groups is 1. The minimum absolute atomic E-state index is 0.160. The highest BCUT2D eigenvalue weighted by molar-refractivity contribution is 5.41. The Hall–Kier alpha value is -2.30. The van der Waals surface area contributed by atoms with Gasteiger partial charge in [-0.1, -0.05) is 6.07 Å². The van der Waals surface area contributed by atoms with Crippen LogP contribution < -0.4 is 4.74 Å². The predicted octanol–water partition coefficient (Wildman–Crippen LogP) is 2.56. The molecule has 0 saturated carbocycles. The van der Waals surface area contributed by atoms with Crippen molar-refractivity contribution in [3.8, 4) is 11.8 Å². The Morgan fingerprint density at radius 3 is 2.50 bits per heavy atom. The zero-order valence-electron chi connectivity index (χ0n) is 9.06. The topological polar surface area (TPSA) is 76.2 Å². The van der Waals surface area contributed by atoms with Gasteiger partial charge in [-0.15, -0.1) is 0 Å². The van der Waals surface area contributed by atoms with Crippen molar-refractivity contribution in [2.45, 2.75) is 12.2 Å². The van der Waals surface area contributed by atoms with Crippen LogP contribution in [0.2, 0.25) is 0 Å². The molecule has 0 bridgehead atoms. The second kappa shape index (κ2) is 4.91. The molecule has 0 amide bonds. The van der Waals surface area contributed by atoms with E-state index in [1.165, 1.54) is 6.07 Å². The van der Waals surface area contributed by atoms with Crippen molar-refractivity contribution in [3.63, 3.8) is 0 Å². The smallest absolute Gasteiger partial charge is 0.419 e. The van der Waals surface area contributed by atoms with E-state index >= 15 is 0 Å². The molecule has 0 aliphatic heterocycles. The lowest BCUT2D eigenvalue weighted by atomic mass is 10.0. The van der Waals surface area contributed by atoms with E-state index in [0.29, 0.717) is 6.07 Å². The highest BCUT2D eigenvalue weighted by Crippen LogP contribution is 2.37. The Balaban J connectivity index is 3.30. The third-order valence-corrected chi connectivity index (χ3v) is 2.18. The standard InChI is InChI=1S/C10H7F3N2O3/c1-18-9-4-6(8(5-14)15(16)17)2-3-7(9)10(11,12)13/h2-4,8H,1H3. The number of hydrogen-bond donors (Lipinski definition) is 0. The summed E-state index contributed by atoms with van der Waals surface area (Å²) in [5.41, 5.74) is -1.21. The van der Waals surface area contributed by atoms with Gasteiger partial charge in [0.05, 0.1) is 12.7 Å². The van der Waals surface area contributed by atoms with Crippen molar-refractivity contribution in [2.75, 3.05) is 7.11 Å². The number of methoxy groups -OCH3 is 1. The molecule has 18 heavy (non-hydrogen) atoms. The summed E-state index contributed by atoms with van der Waals surface area (Å²) in [5, 5.41) is 19.1. The molecule has 0 aliphatic carbocycles. The van der Waals surface area contributed by atoms with Crippen molar-refractivity contribution >= 4 is 0 Å². The van der Waals surface area contributed by atoms with E-state index in [4.69, 9.17) is 5.26 Å². The van der Waals surface area contributed by atoms with E-state index in [0.717, 1.165) is 19.2 Å². The molecule has 1 aromatic carbocycles. The van der Waals surface area contributed by atoms with E-state index in [1.807, 2.05) is 0 Å². The zero-order valence-corrected chi connectivity index (χ0v) is 9.06. The highest BCUT2D eigenvalue weighted by Gasteiger charge is 2.35. The minimum Gasteiger partial charge on any atom is -0.496 e. The first-order chi connectivity index (χ1) is 8.31. The van der Waals surface area contributed by atoms with Crippen LogP contribution in [0.4, 0.5) is 13.2 Å². The lowest BCUT2D eigenvalue weighted by molar-refractivity contribution is -0.512. The van der Waals surface area contributed by atoms with Gasteiger partial charge in [-0.25, -0.2) is 0 Å². The van der Waals surface area contributed by atoms with Gasteiger partial charge in [0.2, 0.25) is 0 Å². The Morgan fingerprint density at radius 2 is 2.11 bits per heavy atom. The van der Waals surface area contributed by atoms with Crippen molar-refractivity contribution in [1.29, 1.82) is 5.26 Å². The van der Waals surface area contributed by atoms with Gasteiger partial charge in [0, 0.05) is 10.5 Å². The van der Waals surface area contributed by atoms with Crippen LogP contribution in [0.5, 0.6) is 5.75 Å². The van der Waals surface area contributed by atoms with E-state index < -0.39 is 28.5 Å². The lowest BCUT2D eigenvalue weighted by Crippen LogP contribution is -2.11. The summed E-state index contributed by atoms with van der Waals surface area (Å²) in [7, 11) is 1.02. The number of halogens is 3. The molecule has 8 heteroatoms. The maximum Gasteiger partial charge on any atom is 0.419 e. The normalized spacial score (nSPS) is 12.6. The van der Waals surface area contributed by atoms with Crippen molar-refractivity contribution < 1.29 is 22.8 Å². The van der Waals surface area contributed by atoms with Crippen LogP contribution in [0.3, 0.4) is 0 Å². The Labute approximate surface area is 99.5 Å². The van der Waals surface area contributed by atoms with E-state index in [9.17, 15) is 23.3 Å². The molecule has 0 N–H and O–H groups in total. The molecule has 0 aliphatic rings. The lowest BCUT2D eigenvalue weighted by Gasteiger charge is -2.13. The molecule has 1 rings (SSSR count). The van der Waals surface area contributed by atoms with Gasteiger partial charge in [0.25, 0.3) is 0 Å². The molecular weight excluding hydrogens is 253 g/mol. The van der Waals surface area contributed by atoms with Crippen LogP contribution in [-0.4, -0.2) is 12.0 Å². The maximum atomic E-state index is 12.5. The first-order valence-electron chi connectivity index (χ1n) is 4.59. The highest BCUT2D eigenvalue weighted by atomic mass is 19.4. The number of benzene rings is 1. The first-order valence-corrected chi connectivity index (χ1v) is 4.59. The summed E-state index contributed by atoms with van der Waals surface area (Å²) in [4.78, 5) is 9.65. The number of alkyl halides is 3. The average molecular weight is 260 g/mol. The summed E-state index contributed by atoms with van der Waals surface area (Å²) < 4.78 is 42.1. The predicted molar refractivity (Wildman–Crippen MR) is 53.3 cm³/mol. The molecule has 1 atom stereocenters. The molecule has 0 aromatic heterocycles.